The zero-order chi connectivity index (χ0) is 11.4. The van der Waals surface area contributed by atoms with Crippen molar-refractivity contribution in [3.05, 3.63) is 35.9 Å². The highest BCUT2D eigenvalue weighted by Gasteiger charge is 2.43. The summed E-state index contributed by atoms with van der Waals surface area (Å²) in [6.07, 6.45) is 4.70. The Morgan fingerprint density at radius 2 is 2.00 bits per heavy atom. The van der Waals surface area contributed by atoms with Crippen molar-refractivity contribution in [2.75, 3.05) is 13.7 Å². The summed E-state index contributed by atoms with van der Waals surface area (Å²) in [4.78, 5) is 0. The van der Waals surface area contributed by atoms with Gasteiger partial charge < -0.3 is 10.5 Å². The molecule has 2 nitrogen and oxygen atoms in total. The third-order valence-corrected chi connectivity index (χ3v) is 3.94. The van der Waals surface area contributed by atoms with E-state index in [2.05, 4.69) is 30.3 Å². The van der Waals surface area contributed by atoms with Gasteiger partial charge in [-0.05, 0) is 24.8 Å². The summed E-state index contributed by atoms with van der Waals surface area (Å²) in [5.74, 6) is 0. The number of methoxy groups -OCH3 is 1. The molecule has 1 fully saturated rings. The standard InChI is InChI=1S/C14H21NO/c1-16-11-8-13(15)14(9-5-10-14)12-6-3-2-4-7-12/h2-4,6-7,13H,5,8-11,15H2,1H3. The Morgan fingerprint density at radius 1 is 1.31 bits per heavy atom. The predicted molar refractivity (Wildman–Crippen MR) is 66.4 cm³/mol. The molecule has 1 aliphatic carbocycles. The first-order valence-electron chi connectivity index (χ1n) is 6.09. The Hall–Kier alpha value is -0.860. The molecule has 1 saturated carbocycles. The minimum atomic E-state index is 0.222. The molecule has 0 amide bonds. The summed E-state index contributed by atoms with van der Waals surface area (Å²) in [7, 11) is 1.74. The van der Waals surface area contributed by atoms with Crippen LogP contribution in [0.25, 0.3) is 0 Å². The van der Waals surface area contributed by atoms with Crippen molar-refractivity contribution in [3.8, 4) is 0 Å². The van der Waals surface area contributed by atoms with Gasteiger partial charge in [-0.15, -0.1) is 0 Å². The summed E-state index contributed by atoms with van der Waals surface area (Å²) in [5.41, 5.74) is 7.98. The lowest BCUT2D eigenvalue weighted by Crippen LogP contribution is -2.50. The molecule has 0 spiro atoms. The molecule has 0 heterocycles. The smallest absolute Gasteiger partial charge is 0.0477 e. The van der Waals surface area contributed by atoms with Crippen LogP contribution in [0.3, 0.4) is 0 Å². The number of benzene rings is 1. The second-order valence-electron chi connectivity index (χ2n) is 4.76. The lowest BCUT2D eigenvalue weighted by Gasteiger charge is -2.47. The predicted octanol–water partition coefficient (Wildman–Crippen LogP) is 2.47. The number of ether oxygens (including phenoxy) is 1. The van der Waals surface area contributed by atoms with E-state index in [9.17, 15) is 0 Å². The zero-order valence-electron chi connectivity index (χ0n) is 9.99. The van der Waals surface area contributed by atoms with Gasteiger partial charge in [0.25, 0.3) is 0 Å². The van der Waals surface area contributed by atoms with E-state index >= 15 is 0 Å². The summed E-state index contributed by atoms with van der Waals surface area (Å²) in [6.45, 7) is 0.760. The molecule has 1 aromatic carbocycles. The summed E-state index contributed by atoms with van der Waals surface area (Å²) < 4.78 is 5.13. The Kier molecular flexibility index (Phi) is 3.62. The van der Waals surface area contributed by atoms with E-state index in [0.29, 0.717) is 0 Å². The van der Waals surface area contributed by atoms with Gasteiger partial charge in [-0.1, -0.05) is 36.8 Å². The monoisotopic (exact) mass is 219 g/mol. The van der Waals surface area contributed by atoms with Crippen LogP contribution in [0.15, 0.2) is 30.3 Å². The first kappa shape index (κ1) is 11.6. The topological polar surface area (TPSA) is 35.2 Å². The maximum absolute atomic E-state index is 6.35. The van der Waals surface area contributed by atoms with Crippen LogP contribution < -0.4 is 5.73 Å². The van der Waals surface area contributed by atoms with E-state index in [-0.39, 0.29) is 11.5 Å². The molecule has 2 N–H and O–H groups in total. The number of rotatable bonds is 5. The number of hydrogen-bond donors (Lipinski definition) is 1. The van der Waals surface area contributed by atoms with Gasteiger partial charge in [-0.3, -0.25) is 0 Å². The highest BCUT2D eigenvalue weighted by molar-refractivity contribution is 5.30. The van der Waals surface area contributed by atoms with Crippen LogP contribution in [0, 0.1) is 0 Å². The molecule has 2 rings (SSSR count). The Morgan fingerprint density at radius 3 is 2.50 bits per heavy atom. The fourth-order valence-electron chi connectivity index (χ4n) is 2.72. The lowest BCUT2D eigenvalue weighted by molar-refractivity contribution is 0.138. The SMILES string of the molecule is COCCC(N)C1(c2ccccc2)CCC1. The molecule has 0 radical (unpaired) electrons. The fraction of sp³-hybridized carbons (Fsp3) is 0.571. The molecule has 0 saturated heterocycles. The van der Waals surface area contributed by atoms with Crippen LogP contribution in [0.4, 0.5) is 0 Å². The quantitative estimate of drug-likeness (QED) is 0.825. The highest BCUT2D eigenvalue weighted by atomic mass is 16.5. The van der Waals surface area contributed by atoms with E-state index in [1.165, 1.54) is 24.8 Å². The van der Waals surface area contributed by atoms with Crippen LogP contribution in [0.1, 0.15) is 31.2 Å². The van der Waals surface area contributed by atoms with Gasteiger partial charge in [0.15, 0.2) is 0 Å². The molecule has 0 aliphatic heterocycles. The van der Waals surface area contributed by atoms with E-state index in [4.69, 9.17) is 10.5 Å². The Bertz CT molecular complexity index is 319. The van der Waals surface area contributed by atoms with Crippen molar-refractivity contribution in [3.63, 3.8) is 0 Å². The molecule has 1 atom stereocenters. The molecule has 2 heteroatoms. The van der Waals surface area contributed by atoms with Crippen molar-refractivity contribution in [1.29, 1.82) is 0 Å². The van der Waals surface area contributed by atoms with Gasteiger partial charge in [0, 0.05) is 25.2 Å². The van der Waals surface area contributed by atoms with E-state index in [1.807, 2.05) is 0 Å². The van der Waals surface area contributed by atoms with Crippen molar-refractivity contribution in [1.82, 2.24) is 0 Å². The average molecular weight is 219 g/mol. The molecule has 0 aromatic heterocycles. The number of nitrogens with two attached hydrogens (primary N) is 1. The second kappa shape index (κ2) is 4.98. The van der Waals surface area contributed by atoms with Crippen LogP contribution in [0.5, 0.6) is 0 Å². The second-order valence-corrected chi connectivity index (χ2v) is 4.76. The summed E-state index contributed by atoms with van der Waals surface area (Å²) in [6, 6.07) is 10.9. The van der Waals surface area contributed by atoms with Gasteiger partial charge in [0.05, 0.1) is 0 Å². The molecule has 0 bridgehead atoms. The molecule has 1 unspecified atom stereocenters. The molecular weight excluding hydrogens is 198 g/mol. The van der Waals surface area contributed by atoms with E-state index in [0.717, 1.165) is 13.0 Å². The van der Waals surface area contributed by atoms with Crippen molar-refractivity contribution in [2.45, 2.75) is 37.1 Å². The average Bonchev–Trinajstić information content (AvgIpc) is 2.26. The maximum atomic E-state index is 6.35. The molecule has 1 aromatic rings. The van der Waals surface area contributed by atoms with Crippen molar-refractivity contribution < 1.29 is 4.74 Å². The van der Waals surface area contributed by atoms with Gasteiger partial charge in [0.1, 0.15) is 0 Å². The first-order valence-corrected chi connectivity index (χ1v) is 6.09. The third kappa shape index (κ3) is 2.00. The zero-order valence-corrected chi connectivity index (χ0v) is 9.99. The molecule has 16 heavy (non-hydrogen) atoms. The normalized spacial score (nSPS) is 20.1. The number of hydrogen-bond acceptors (Lipinski definition) is 2. The largest absolute Gasteiger partial charge is 0.385 e. The minimum Gasteiger partial charge on any atom is -0.385 e. The maximum Gasteiger partial charge on any atom is 0.0477 e. The highest BCUT2D eigenvalue weighted by Crippen LogP contribution is 2.46. The third-order valence-electron chi connectivity index (χ3n) is 3.94. The lowest BCUT2D eigenvalue weighted by atomic mass is 9.60. The summed E-state index contributed by atoms with van der Waals surface area (Å²) >= 11 is 0. The van der Waals surface area contributed by atoms with Crippen molar-refractivity contribution >= 4 is 0 Å². The Balaban J connectivity index is 2.13. The van der Waals surface area contributed by atoms with Crippen LogP contribution in [0.2, 0.25) is 0 Å². The Labute approximate surface area is 97.8 Å². The first-order chi connectivity index (χ1) is 7.79. The van der Waals surface area contributed by atoms with Gasteiger partial charge >= 0.3 is 0 Å². The van der Waals surface area contributed by atoms with Gasteiger partial charge in [-0.25, -0.2) is 0 Å². The van der Waals surface area contributed by atoms with Crippen LogP contribution in [-0.4, -0.2) is 19.8 Å². The molecule has 88 valence electrons. The minimum absolute atomic E-state index is 0.222. The molecule has 1 aliphatic rings. The van der Waals surface area contributed by atoms with E-state index < -0.39 is 0 Å². The van der Waals surface area contributed by atoms with Crippen LogP contribution in [-0.2, 0) is 10.2 Å². The van der Waals surface area contributed by atoms with Crippen LogP contribution >= 0.6 is 0 Å². The van der Waals surface area contributed by atoms with Gasteiger partial charge in [-0.2, -0.15) is 0 Å². The summed E-state index contributed by atoms with van der Waals surface area (Å²) in [5, 5.41) is 0. The van der Waals surface area contributed by atoms with E-state index in [1.54, 1.807) is 7.11 Å². The fourth-order valence-corrected chi connectivity index (χ4v) is 2.72. The van der Waals surface area contributed by atoms with Crippen molar-refractivity contribution in [2.24, 2.45) is 5.73 Å². The molecular formula is C14H21NO. The van der Waals surface area contributed by atoms with Gasteiger partial charge in [0.2, 0.25) is 0 Å².